The average molecular weight is 466 g/mol. The van der Waals surface area contributed by atoms with Gasteiger partial charge in [0.15, 0.2) is 0 Å². The van der Waals surface area contributed by atoms with Gasteiger partial charge in [-0.1, -0.05) is 72.6 Å². The Balaban J connectivity index is 1.72. The predicted octanol–water partition coefficient (Wildman–Crippen LogP) is 5.17. The number of anilines is 1. The van der Waals surface area contributed by atoms with Gasteiger partial charge >= 0.3 is 0 Å². The Kier molecular flexibility index (Phi) is 7.19. The van der Waals surface area contributed by atoms with Gasteiger partial charge in [0.25, 0.3) is 5.91 Å². The Labute approximate surface area is 197 Å². The maximum absolute atomic E-state index is 13.5. The predicted molar refractivity (Wildman–Crippen MR) is 128 cm³/mol. The fourth-order valence-electron chi connectivity index (χ4n) is 4.09. The number of likely N-dealkylation sites (tertiary alicyclic amines) is 1. The van der Waals surface area contributed by atoms with Crippen LogP contribution in [0, 0.1) is 11.3 Å². The number of halogens is 1. The maximum Gasteiger partial charge on any atom is 0.267 e. The number of para-hydroxylation sites is 1. The zero-order valence-corrected chi connectivity index (χ0v) is 19.2. The van der Waals surface area contributed by atoms with Crippen LogP contribution in [0.2, 0.25) is 5.02 Å². The van der Waals surface area contributed by atoms with E-state index in [1.807, 2.05) is 48.5 Å². The average Bonchev–Trinajstić information content (AvgIpc) is 2.98. The quantitative estimate of drug-likeness (QED) is 0.461. The van der Waals surface area contributed by atoms with Gasteiger partial charge in [0.2, 0.25) is 5.91 Å². The summed E-state index contributed by atoms with van der Waals surface area (Å²) in [5.41, 5.74) is 1.56. The molecule has 164 valence electrons. The molecule has 0 unspecified atom stereocenters. The topological polar surface area (TPSA) is 64.4 Å². The molecule has 4 rings (SSSR count). The second-order valence-electron chi connectivity index (χ2n) is 7.91. The van der Waals surface area contributed by atoms with E-state index in [-0.39, 0.29) is 17.4 Å². The first-order chi connectivity index (χ1) is 15.6. The van der Waals surface area contributed by atoms with Crippen LogP contribution in [0.4, 0.5) is 5.69 Å². The van der Waals surface area contributed by atoms with E-state index in [1.165, 1.54) is 16.7 Å². The molecule has 5 nitrogen and oxygen atoms in total. The lowest BCUT2D eigenvalue weighted by molar-refractivity contribution is -0.126. The van der Waals surface area contributed by atoms with Crippen LogP contribution >= 0.6 is 23.4 Å². The summed E-state index contributed by atoms with van der Waals surface area (Å²) in [6, 6.07) is 18.8. The molecule has 2 aliphatic heterocycles. The summed E-state index contributed by atoms with van der Waals surface area (Å²) in [4.78, 5) is 30.1. The number of carbonyl (C=O) groups excluding carboxylic acids is 2. The van der Waals surface area contributed by atoms with Crippen molar-refractivity contribution in [1.82, 2.24) is 4.90 Å². The van der Waals surface area contributed by atoms with Gasteiger partial charge in [-0.25, -0.2) is 0 Å². The molecule has 0 saturated carbocycles. The summed E-state index contributed by atoms with van der Waals surface area (Å²) in [6.07, 6.45) is 4.47. The molecule has 0 radical (unpaired) electrons. The number of amides is 2. The van der Waals surface area contributed by atoms with Crippen LogP contribution in [0.1, 0.15) is 31.2 Å². The molecule has 0 aromatic heterocycles. The van der Waals surface area contributed by atoms with Crippen molar-refractivity contribution in [3.05, 3.63) is 75.8 Å². The number of nitriles is 1. The molecule has 1 atom stereocenters. The number of hydrogen-bond donors (Lipinski definition) is 0. The highest BCUT2D eigenvalue weighted by Gasteiger charge is 2.41. The van der Waals surface area contributed by atoms with Crippen LogP contribution in [-0.4, -0.2) is 35.1 Å². The van der Waals surface area contributed by atoms with Crippen molar-refractivity contribution in [2.45, 2.75) is 37.4 Å². The minimum Gasteiger partial charge on any atom is -0.338 e. The summed E-state index contributed by atoms with van der Waals surface area (Å²) in [6.45, 7) is 1.29. The summed E-state index contributed by atoms with van der Waals surface area (Å²) < 4.78 is 0. The molecule has 0 aliphatic carbocycles. The van der Waals surface area contributed by atoms with E-state index in [0.29, 0.717) is 35.2 Å². The molecule has 2 saturated heterocycles. The van der Waals surface area contributed by atoms with Crippen molar-refractivity contribution in [2.75, 3.05) is 18.0 Å². The summed E-state index contributed by atoms with van der Waals surface area (Å²) in [5, 5.41) is 10.5. The number of benzene rings is 2. The molecule has 2 aliphatic rings. The van der Waals surface area contributed by atoms with Gasteiger partial charge in [0.1, 0.15) is 16.7 Å². The van der Waals surface area contributed by atoms with Gasteiger partial charge in [0, 0.05) is 23.8 Å². The Hall–Kier alpha value is -2.75. The van der Waals surface area contributed by atoms with E-state index in [4.69, 9.17) is 11.6 Å². The molecule has 0 N–H and O–H groups in total. The highest BCUT2D eigenvalue weighted by atomic mass is 35.5. The molecule has 2 fully saturated rings. The second kappa shape index (κ2) is 10.2. The molecule has 2 amide bonds. The smallest absolute Gasteiger partial charge is 0.267 e. The number of rotatable bonds is 4. The van der Waals surface area contributed by atoms with Crippen molar-refractivity contribution < 1.29 is 9.59 Å². The van der Waals surface area contributed by atoms with Gasteiger partial charge in [-0.05, 0) is 43.0 Å². The molecular weight excluding hydrogens is 442 g/mol. The Morgan fingerprint density at radius 1 is 1.03 bits per heavy atom. The van der Waals surface area contributed by atoms with Gasteiger partial charge in [-0.15, -0.1) is 0 Å². The maximum atomic E-state index is 13.5. The van der Waals surface area contributed by atoms with Crippen LogP contribution in [0.25, 0.3) is 0 Å². The molecule has 32 heavy (non-hydrogen) atoms. The Bertz CT molecular complexity index is 1070. The molecule has 2 aromatic carbocycles. The third-order valence-electron chi connectivity index (χ3n) is 5.76. The van der Waals surface area contributed by atoms with Crippen LogP contribution in [0.5, 0.6) is 0 Å². The van der Waals surface area contributed by atoms with Crippen molar-refractivity contribution in [3.63, 3.8) is 0 Å². The third-order valence-corrected chi connectivity index (χ3v) is 7.39. The zero-order chi connectivity index (χ0) is 22.5. The van der Waals surface area contributed by atoms with E-state index in [9.17, 15) is 14.9 Å². The minimum atomic E-state index is -0.467. The van der Waals surface area contributed by atoms with E-state index in [0.717, 1.165) is 31.2 Å². The van der Waals surface area contributed by atoms with E-state index in [1.54, 1.807) is 11.0 Å². The highest BCUT2D eigenvalue weighted by molar-refractivity contribution is 8.05. The highest BCUT2D eigenvalue weighted by Crippen LogP contribution is 2.42. The molecule has 7 heteroatoms. The summed E-state index contributed by atoms with van der Waals surface area (Å²) >= 11 is 7.62. The third kappa shape index (κ3) is 4.69. The molecule has 0 bridgehead atoms. The number of nitrogens with zero attached hydrogens (tertiary/aromatic N) is 3. The van der Waals surface area contributed by atoms with Crippen LogP contribution in [0.15, 0.2) is 65.2 Å². The number of carbonyl (C=O) groups is 2. The number of hydrogen-bond acceptors (Lipinski definition) is 4. The minimum absolute atomic E-state index is 0.0377. The Morgan fingerprint density at radius 2 is 1.69 bits per heavy atom. The van der Waals surface area contributed by atoms with Crippen molar-refractivity contribution in [1.29, 1.82) is 5.26 Å². The summed E-state index contributed by atoms with van der Waals surface area (Å²) in [5.74, 6) is -0.434. The van der Waals surface area contributed by atoms with Crippen LogP contribution in [0.3, 0.4) is 0 Å². The lowest BCUT2D eigenvalue weighted by Gasteiger charge is -2.23. The van der Waals surface area contributed by atoms with E-state index in [2.05, 4.69) is 6.07 Å². The monoisotopic (exact) mass is 465 g/mol. The first-order valence-electron chi connectivity index (χ1n) is 10.8. The van der Waals surface area contributed by atoms with Crippen LogP contribution in [-0.2, 0) is 16.0 Å². The molecule has 2 aromatic rings. The van der Waals surface area contributed by atoms with E-state index < -0.39 is 5.25 Å². The fourth-order valence-corrected chi connectivity index (χ4v) is 5.59. The van der Waals surface area contributed by atoms with E-state index >= 15 is 0 Å². The van der Waals surface area contributed by atoms with Crippen molar-refractivity contribution in [3.8, 4) is 6.07 Å². The summed E-state index contributed by atoms with van der Waals surface area (Å²) in [7, 11) is 0. The van der Waals surface area contributed by atoms with Gasteiger partial charge < -0.3 is 4.90 Å². The first-order valence-corrected chi connectivity index (χ1v) is 12.1. The molecule has 2 heterocycles. The Morgan fingerprint density at radius 3 is 2.34 bits per heavy atom. The molecule has 0 spiro atoms. The largest absolute Gasteiger partial charge is 0.338 e. The zero-order valence-electron chi connectivity index (χ0n) is 17.7. The first kappa shape index (κ1) is 22.4. The van der Waals surface area contributed by atoms with Gasteiger partial charge in [-0.3, -0.25) is 14.5 Å². The lowest BCUT2D eigenvalue weighted by atomic mass is 10.1. The normalized spacial score (nSPS) is 20.6. The standard InChI is InChI=1S/C25H24ClN3O2S/c26-21-13-7-6-10-18(21)16-22-24(31)29(19-11-4-3-5-12-19)25(32-22)20(17-27)23(30)28-14-8-1-2-9-15-28/h3-7,10-13,22H,1-2,8-9,14-16H2/b25-20+/t22-/m0/s1. The second-order valence-corrected chi connectivity index (χ2v) is 9.51. The lowest BCUT2D eigenvalue weighted by Crippen LogP contribution is -2.35. The van der Waals surface area contributed by atoms with Crippen LogP contribution < -0.4 is 4.90 Å². The van der Waals surface area contributed by atoms with Crippen molar-refractivity contribution >= 4 is 40.9 Å². The molecular formula is C25H24ClN3O2S. The number of thioether (sulfide) groups is 1. The van der Waals surface area contributed by atoms with Gasteiger partial charge in [0.05, 0.1) is 5.25 Å². The van der Waals surface area contributed by atoms with Crippen molar-refractivity contribution in [2.24, 2.45) is 0 Å². The SMILES string of the molecule is N#C/C(C(=O)N1CCCCCC1)=C1\S[C@@H](Cc2ccccc2Cl)C(=O)N1c1ccccc1. The fraction of sp³-hybridized carbons (Fsp3) is 0.320. The van der Waals surface area contributed by atoms with Gasteiger partial charge in [-0.2, -0.15) is 5.26 Å².